The molecule has 0 aliphatic heterocycles. The third kappa shape index (κ3) is 2.40. The molecule has 16 heavy (non-hydrogen) atoms. The van der Waals surface area contributed by atoms with Crippen molar-refractivity contribution in [3.05, 3.63) is 53.8 Å². The van der Waals surface area contributed by atoms with Crippen LogP contribution in [0.2, 0.25) is 0 Å². The smallest absolute Gasteiger partial charge is 0.328 e. The lowest BCUT2D eigenvalue weighted by atomic mass is 9.85. The predicted octanol–water partition coefficient (Wildman–Crippen LogP) is 1.74. The number of aliphatic carboxylic acids is 1. The maximum absolute atomic E-state index is 11.2. The summed E-state index contributed by atoms with van der Waals surface area (Å²) in [7, 11) is 0. The van der Waals surface area contributed by atoms with Crippen molar-refractivity contribution in [2.45, 2.75) is 18.9 Å². The van der Waals surface area contributed by atoms with Gasteiger partial charge in [-0.15, -0.1) is 5.73 Å². The second-order valence-corrected chi connectivity index (χ2v) is 3.74. The average Bonchev–Trinajstić information content (AvgIpc) is 2.28. The Hall–Kier alpha value is -1.83. The average molecular weight is 217 g/mol. The van der Waals surface area contributed by atoms with Crippen molar-refractivity contribution < 1.29 is 9.90 Å². The van der Waals surface area contributed by atoms with Crippen LogP contribution in [0.15, 0.2) is 48.2 Å². The highest BCUT2D eigenvalue weighted by atomic mass is 16.4. The second kappa shape index (κ2) is 4.79. The molecule has 1 aromatic rings. The van der Waals surface area contributed by atoms with Crippen molar-refractivity contribution in [2.75, 3.05) is 0 Å². The minimum absolute atomic E-state index is 0.234. The molecule has 0 saturated carbocycles. The standard InChI is InChI=1S/C13H15NO2/c1-3-10(2)13(14,12(15)16)9-11-7-5-4-6-8-11/h4-8H,1,9,14H2,2H3,(H,15,16). The summed E-state index contributed by atoms with van der Waals surface area (Å²) in [5.41, 5.74) is 8.34. The number of nitrogens with two attached hydrogens (primary N) is 1. The summed E-state index contributed by atoms with van der Waals surface area (Å²) in [5.74, 6) is -1.06. The van der Waals surface area contributed by atoms with Crippen LogP contribution in [0.1, 0.15) is 12.5 Å². The van der Waals surface area contributed by atoms with E-state index in [1.54, 1.807) is 6.92 Å². The molecule has 0 heterocycles. The number of carboxylic acid groups (broad SMARTS) is 1. The summed E-state index contributed by atoms with van der Waals surface area (Å²) in [4.78, 5) is 11.2. The largest absolute Gasteiger partial charge is 0.480 e. The van der Waals surface area contributed by atoms with E-state index in [4.69, 9.17) is 5.73 Å². The molecule has 0 bridgehead atoms. The number of hydrogen-bond acceptors (Lipinski definition) is 2. The van der Waals surface area contributed by atoms with Gasteiger partial charge in [0, 0.05) is 6.42 Å². The van der Waals surface area contributed by atoms with E-state index in [2.05, 4.69) is 12.3 Å². The normalized spacial score (nSPS) is 13.6. The monoisotopic (exact) mass is 217 g/mol. The van der Waals surface area contributed by atoms with E-state index in [9.17, 15) is 9.90 Å². The fourth-order valence-electron chi connectivity index (χ4n) is 1.44. The van der Waals surface area contributed by atoms with E-state index >= 15 is 0 Å². The fraction of sp³-hybridized carbons (Fsp3) is 0.231. The van der Waals surface area contributed by atoms with Crippen LogP contribution in [0.3, 0.4) is 0 Å². The Kier molecular flexibility index (Phi) is 3.67. The minimum Gasteiger partial charge on any atom is -0.480 e. The van der Waals surface area contributed by atoms with Crippen molar-refractivity contribution in [3.8, 4) is 0 Å². The van der Waals surface area contributed by atoms with Gasteiger partial charge < -0.3 is 10.8 Å². The molecule has 3 nitrogen and oxygen atoms in total. The van der Waals surface area contributed by atoms with Gasteiger partial charge in [0.1, 0.15) is 5.54 Å². The highest BCUT2D eigenvalue weighted by Crippen LogP contribution is 2.19. The Morgan fingerprint density at radius 2 is 2.06 bits per heavy atom. The lowest BCUT2D eigenvalue weighted by Crippen LogP contribution is -2.50. The summed E-state index contributed by atoms with van der Waals surface area (Å²) >= 11 is 0. The van der Waals surface area contributed by atoms with Crippen LogP contribution in [0, 0.1) is 0 Å². The van der Waals surface area contributed by atoms with Gasteiger partial charge in [-0.25, -0.2) is 4.79 Å². The van der Waals surface area contributed by atoms with Crippen LogP contribution in [-0.4, -0.2) is 16.6 Å². The van der Waals surface area contributed by atoms with Crippen LogP contribution in [0.25, 0.3) is 0 Å². The maximum Gasteiger partial charge on any atom is 0.328 e. The summed E-state index contributed by atoms with van der Waals surface area (Å²) in [5, 5.41) is 9.18. The maximum atomic E-state index is 11.2. The first-order chi connectivity index (χ1) is 7.50. The predicted molar refractivity (Wildman–Crippen MR) is 63.0 cm³/mol. The fourth-order valence-corrected chi connectivity index (χ4v) is 1.44. The van der Waals surface area contributed by atoms with Gasteiger partial charge in [-0.1, -0.05) is 36.9 Å². The summed E-state index contributed by atoms with van der Waals surface area (Å²) in [6.45, 7) is 5.07. The topological polar surface area (TPSA) is 63.3 Å². The molecule has 3 heteroatoms. The van der Waals surface area contributed by atoms with Gasteiger partial charge in [0.05, 0.1) is 0 Å². The lowest BCUT2D eigenvalue weighted by Gasteiger charge is -2.24. The zero-order chi connectivity index (χ0) is 12.2. The van der Waals surface area contributed by atoms with E-state index in [0.717, 1.165) is 5.56 Å². The molecule has 0 aromatic heterocycles. The van der Waals surface area contributed by atoms with Crippen LogP contribution in [-0.2, 0) is 11.2 Å². The van der Waals surface area contributed by atoms with Crippen LogP contribution in [0.4, 0.5) is 0 Å². The molecule has 0 aliphatic rings. The number of hydrogen-bond donors (Lipinski definition) is 2. The molecule has 84 valence electrons. The number of benzene rings is 1. The molecule has 0 radical (unpaired) electrons. The van der Waals surface area contributed by atoms with Crippen molar-refractivity contribution in [3.63, 3.8) is 0 Å². The molecular weight excluding hydrogens is 202 g/mol. The van der Waals surface area contributed by atoms with Crippen molar-refractivity contribution in [1.82, 2.24) is 0 Å². The Morgan fingerprint density at radius 1 is 1.50 bits per heavy atom. The highest BCUT2D eigenvalue weighted by Gasteiger charge is 2.36. The zero-order valence-electron chi connectivity index (χ0n) is 9.23. The molecule has 0 spiro atoms. The zero-order valence-corrected chi connectivity index (χ0v) is 9.23. The second-order valence-electron chi connectivity index (χ2n) is 3.74. The third-order valence-electron chi connectivity index (χ3n) is 2.64. The molecule has 3 N–H and O–H groups in total. The summed E-state index contributed by atoms with van der Waals surface area (Å²) in [6, 6.07) is 9.27. The Balaban J connectivity index is 3.07. The van der Waals surface area contributed by atoms with Gasteiger partial charge >= 0.3 is 5.97 Å². The molecule has 1 rings (SSSR count). The van der Waals surface area contributed by atoms with E-state index in [1.807, 2.05) is 30.3 Å². The molecule has 0 aliphatic carbocycles. The van der Waals surface area contributed by atoms with Crippen LogP contribution >= 0.6 is 0 Å². The quantitative estimate of drug-likeness (QED) is 0.755. The molecule has 1 atom stereocenters. The Labute approximate surface area is 94.9 Å². The SMILES string of the molecule is C=C=C(C)C(N)(Cc1ccccc1)C(=O)O. The van der Waals surface area contributed by atoms with E-state index in [0.29, 0.717) is 5.57 Å². The minimum atomic E-state index is -1.43. The van der Waals surface area contributed by atoms with E-state index < -0.39 is 11.5 Å². The number of rotatable bonds is 4. The number of carboxylic acids is 1. The lowest BCUT2D eigenvalue weighted by molar-refractivity contribution is -0.141. The van der Waals surface area contributed by atoms with Gasteiger partial charge in [-0.3, -0.25) is 0 Å². The van der Waals surface area contributed by atoms with Crippen molar-refractivity contribution >= 4 is 5.97 Å². The molecule has 1 unspecified atom stereocenters. The summed E-state index contributed by atoms with van der Waals surface area (Å²) < 4.78 is 0. The van der Waals surface area contributed by atoms with Gasteiger partial charge in [0.2, 0.25) is 0 Å². The Bertz CT molecular complexity index is 433. The molecular formula is C13H15NO2. The number of carbonyl (C=O) groups is 1. The van der Waals surface area contributed by atoms with E-state index in [1.165, 1.54) is 0 Å². The van der Waals surface area contributed by atoms with Crippen molar-refractivity contribution in [1.29, 1.82) is 0 Å². The third-order valence-corrected chi connectivity index (χ3v) is 2.64. The van der Waals surface area contributed by atoms with Gasteiger partial charge in [0.25, 0.3) is 0 Å². The highest BCUT2D eigenvalue weighted by molar-refractivity contribution is 5.83. The van der Waals surface area contributed by atoms with Crippen LogP contribution in [0.5, 0.6) is 0 Å². The molecule has 0 fully saturated rings. The first kappa shape index (κ1) is 12.2. The van der Waals surface area contributed by atoms with Crippen molar-refractivity contribution in [2.24, 2.45) is 5.73 Å². The van der Waals surface area contributed by atoms with Crippen LogP contribution < -0.4 is 5.73 Å². The van der Waals surface area contributed by atoms with Gasteiger partial charge in [0.15, 0.2) is 0 Å². The van der Waals surface area contributed by atoms with Gasteiger partial charge in [-0.05, 0) is 18.1 Å². The molecule has 1 aromatic carbocycles. The van der Waals surface area contributed by atoms with E-state index in [-0.39, 0.29) is 6.42 Å². The first-order valence-electron chi connectivity index (χ1n) is 4.94. The van der Waals surface area contributed by atoms with Gasteiger partial charge in [-0.2, -0.15) is 0 Å². The first-order valence-corrected chi connectivity index (χ1v) is 4.94. The molecule has 0 amide bonds. The molecule has 0 saturated heterocycles. The Morgan fingerprint density at radius 3 is 2.50 bits per heavy atom. The summed E-state index contributed by atoms with van der Waals surface area (Å²) in [6.07, 6.45) is 0.234.